The quantitative estimate of drug-likeness (QED) is 0.735. The Morgan fingerprint density at radius 3 is 2.64 bits per heavy atom. The third kappa shape index (κ3) is 2.23. The number of nitrogens with two attached hydrogens (primary N) is 1. The summed E-state index contributed by atoms with van der Waals surface area (Å²) in [6.45, 7) is 1.65. The van der Waals surface area contributed by atoms with Crippen LogP contribution >= 0.6 is 0 Å². The zero-order valence-corrected chi connectivity index (χ0v) is 8.33. The van der Waals surface area contributed by atoms with Crippen molar-refractivity contribution in [1.29, 1.82) is 0 Å². The zero-order chi connectivity index (χ0) is 10.1. The summed E-state index contributed by atoms with van der Waals surface area (Å²) in [6, 6.07) is 0.308. The summed E-state index contributed by atoms with van der Waals surface area (Å²) in [7, 11) is 0. The lowest BCUT2D eigenvalue weighted by Crippen LogP contribution is -2.32. The van der Waals surface area contributed by atoms with E-state index in [4.69, 9.17) is 5.73 Å². The largest absolute Gasteiger partial charge is 0.328 e. The van der Waals surface area contributed by atoms with E-state index in [9.17, 15) is 8.78 Å². The van der Waals surface area contributed by atoms with Crippen LogP contribution in [0.3, 0.4) is 0 Å². The van der Waals surface area contributed by atoms with Crippen molar-refractivity contribution in [3.05, 3.63) is 0 Å². The minimum Gasteiger partial charge on any atom is -0.328 e. The highest BCUT2D eigenvalue weighted by molar-refractivity contribution is 4.90. The molecule has 3 atom stereocenters. The molecule has 0 radical (unpaired) electrons. The second-order valence-electron chi connectivity index (χ2n) is 4.70. The van der Waals surface area contributed by atoms with Gasteiger partial charge in [0.1, 0.15) is 0 Å². The molecule has 4 heteroatoms. The highest BCUT2D eigenvalue weighted by Crippen LogP contribution is 2.35. The lowest BCUT2D eigenvalue weighted by molar-refractivity contribution is 0.0970. The molecule has 1 saturated carbocycles. The summed E-state index contributed by atoms with van der Waals surface area (Å²) in [5.41, 5.74) is 5.87. The average molecular weight is 204 g/mol. The Labute approximate surface area is 83.4 Å². The summed E-state index contributed by atoms with van der Waals surface area (Å²) in [5, 5.41) is 0. The van der Waals surface area contributed by atoms with Gasteiger partial charge in [-0.1, -0.05) is 0 Å². The summed E-state index contributed by atoms with van der Waals surface area (Å²) in [4.78, 5) is 1.90. The molecule has 2 N–H and O–H groups in total. The first-order valence-corrected chi connectivity index (χ1v) is 5.41. The second kappa shape index (κ2) is 4.11. The Balaban J connectivity index is 1.86. The van der Waals surface area contributed by atoms with Crippen LogP contribution in [-0.2, 0) is 0 Å². The molecule has 14 heavy (non-hydrogen) atoms. The number of alkyl halides is 2. The fourth-order valence-corrected chi connectivity index (χ4v) is 2.91. The predicted molar refractivity (Wildman–Crippen MR) is 51.3 cm³/mol. The lowest BCUT2D eigenvalue weighted by atomic mass is 9.79. The normalized spacial score (nSPS) is 39.0. The van der Waals surface area contributed by atoms with Gasteiger partial charge in [-0.05, 0) is 31.1 Å². The molecule has 0 aromatic heterocycles. The van der Waals surface area contributed by atoms with Gasteiger partial charge in [0.15, 0.2) is 0 Å². The van der Waals surface area contributed by atoms with Crippen molar-refractivity contribution in [3.63, 3.8) is 0 Å². The number of nitrogens with zero attached hydrogens (tertiary/aromatic N) is 1. The third-order valence-electron chi connectivity index (χ3n) is 3.56. The first kappa shape index (κ1) is 10.3. The van der Waals surface area contributed by atoms with E-state index >= 15 is 0 Å². The molecule has 0 aromatic carbocycles. The fourth-order valence-electron chi connectivity index (χ4n) is 2.91. The van der Waals surface area contributed by atoms with Gasteiger partial charge >= 0.3 is 0 Å². The average Bonchev–Trinajstić information content (AvgIpc) is 2.44. The number of likely N-dealkylation sites (tertiary alicyclic amines) is 1. The van der Waals surface area contributed by atoms with Crippen LogP contribution in [0.2, 0.25) is 0 Å². The molecule has 0 amide bonds. The van der Waals surface area contributed by atoms with Crippen LogP contribution in [-0.4, -0.2) is 37.0 Å². The van der Waals surface area contributed by atoms with E-state index in [2.05, 4.69) is 0 Å². The molecular weight excluding hydrogens is 186 g/mol. The van der Waals surface area contributed by atoms with E-state index in [-0.39, 0.29) is 6.54 Å². The molecule has 3 unspecified atom stereocenters. The molecule has 2 nitrogen and oxygen atoms in total. The van der Waals surface area contributed by atoms with Crippen LogP contribution in [0.4, 0.5) is 8.78 Å². The first-order chi connectivity index (χ1) is 6.65. The molecular formula is C10H18F2N2. The molecule has 1 heterocycles. The van der Waals surface area contributed by atoms with E-state index in [1.807, 2.05) is 4.90 Å². The molecule has 0 aromatic rings. The van der Waals surface area contributed by atoms with Crippen molar-refractivity contribution in [2.24, 2.45) is 17.6 Å². The minimum atomic E-state index is -2.19. The molecule has 1 aliphatic heterocycles. The van der Waals surface area contributed by atoms with Crippen LogP contribution in [0, 0.1) is 11.8 Å². The van der Waals surface area contributed by atoms with Crippen molar-refractivity contribution in [3.8, 4) is 0 Å². The van der Waals surface area contributed by atoms with Crippen molar-refractivity contribution in [2.45, 2.75) is 31.7 Å². The number of rotatable bonds is 2. The van der Waals surface area contributed by atoms with Gasteiger partial charge in [0.05, 0.1) is 6.54 Å². The molecule has 0 spiro atoms. The molecule has 2 aliphatic rings. The fraction of sp³-hybridized carbons (Fsp3) is 1.00. The lowest BCUT2D eigenvalue weighted by Gasteiger charge is -2.28. The maximum atomic E-state index is 12.2. The molecule has 82 valence electrons. The summed E-state index contributed by atoms with van der Waals surface area (Å²) >= 11 is 0. The Morgan fingerprint density at radius 1 is 1.21 bits per heavy atom. The zero-order valence-electron chi connectivity index (χ0n) is 8.33. The van der Waals surface area contributed by atoms with Gasteiger partial charge in [-0.3, -0.25) is 4.90 Å². The van der Waals surface area contributed by atoms with Crippen LogP contribution in [0.15, 0.2) is 0 Å². The summed E-state index contributed by atoms with van der Waals surface area (Å²) in [6.07, 6.45) is 1.04. The van der Waals surface area contributed by atoms with Gasteiger partial charge in [-0.15, -0.1) is 0 Å². The molecule has 2 fully saturated rings. The first-order valence-electron chi connectivity index (χ1n) is 5.41. The molecule has 1 aliphatic carbocycles. The second-order valence-corrected chi connectivity index (χ2v) is 4.70. The van der Waals surface area contributed by atoms with Crippen LogP contribution < -0.4 is 5.73 Å². The molecule has 1 saturated heterocycles. The summed E-state index contributed by atoms with van der Waals surface area (Å²) < 4.78 is 24.3. The van der Waals surface area contributed by atoms with E-state index in [1.54, 1.807) is 0 Å². The van der Waals surface area contributed by atoms with Crippen molar-refractivity contribution in [2.75, 3.05) is 19.6 Å². The number of hydrogen-bond donors (Lipinski definition) is 1. The van der Waals surface area contributed by atoms with Crippen LogP contribution in [0.5, 0.6) is 0 Å². The number of halogens is 2. The number of hydrogen-bond acceptors (Lipinski definition) is 2. The molecule has 0 bridgehead atoms. The molecule has 2 rings (SSSR count). The van der Waals surface area contributed by atoms with Gasteiger partial charge in [-0.25, -0.2) is 8.78 Å². The van der Waals surface area contributed by atoms with Crippen molar-refractivity contribution < 1.29 is 8.78 Å². The monoisotopic (exact) mass is 204 g/mol. The van der Waals surface area contributed by atoms with Gasteiger partial charge < -0.3 is 5.73 Å². The van der Waals surface area contributed by atoms with Gasteiger partial charge in [-0.2, -0.15) is 0 Å². The van der Waals surface area contributed by atoms with Gasteiger partial charge in [0.2, 0.25) is 0 Å². The predicted octanol–water partition coefficient (Wildman–Crippen LogP) is 1.31. The standard InChI is InChI=1S/C10H18F2N2/c11-10(12)6-14-4-7-1-2-9(13)3-8(7)5-14/h7-10H,1-6,13H2. The van der Waals surface area contributed by atoms with Crippen molar-refractivity contribution >= 4 is 0 Å². The van der Waals surface area contributed by atoms with E-state index in [0.29, 0.717) is 17.9 Å². The van der Waals surface area contributed by atoms with Gasteiger partial charge in [0.25, 0.3) is 6.43 Å². The van der Waals surface area contributed by atoms with Crippen LogP contribution in [0.1, 0.15) is 19.3 Å². The Morgan fingerprint density at radius 2 is 1.93 bits per heavy atom. The summed E-state index contributed by atoms with van der Waals surface area (Å²) in [5.74, 6) is 1.21. The maximum absolute atomic E-state index is 12.2. The highest BCUT2D eigenvalue weighted by Gasteiger charge is 2.37. The highest BCUT2D eigenvalue weighted by atomic mass is 19.3. The maximum Gasteiger partial charge on any atom is 0.251 e. The van der Waals surface area contributed by atoms with Crippen molar-refractivity contribution in [1.82, 2.24) is 4.90 Å². The van der Waals surface area contributed by atoms with E-state index in [1.165, 1.54) is 0 Å². The third-order valence-corrected chi connectivity index (χ3v) is 3.56. The van der Waals surface area contributed by atoms with E-state index in [0.717, 1.165) is 32.4 Å². The SMILES string of the molecule is NC1CCC2CN(CC(F)F)CC2C1. The Kier molecular flexibility index (Phi) is 3.02. The Hall–Kier alpha value is -0.220. The smallest absolute Gasteiger partial charge is 0.251 e. The number of fused-ring (bicyclic) bond motifs is 1. The topological polar surface area (TPSA) is 29.3 Å². The minimum absolute atomic E-state index is 0.0533. The Bertz CT molecular complexity index is 199. The van der Waals surface area contributed by atoms with Crippen LogP contribution in [0.25, 0.3) is 0 Å². The van der Waals surface area contributed by atoms with E-state index < -0.39 is 6.43 Å². The van der Waals surface area contributed by atoms with Gasteiger partial charge in [0, 0.05) is 19.1 Å².